The van der Waals surface area contributed by atoms with Crippen molar-refractivity contribution in [3.8, 4) is 6.07 Å². The molecule has 0 amide bonds. The minimum absolute atomic E-state index is 0.0826. The molecule has 1 aromatic rings. The first-order chi connectivity index (χ1) is 12.1. The highest BCUT2D eigenvalue weighted by atomic mass is 16.1. The van der Waals surface area contributed by atoms with Crippen LogP contribution in [-0.2, 0) is 4.79 Å². The lowest BCUT2D eigenvalue weighted by molar-refractivity contribution is -0.108. The van der Waals surface area contributed by atoms with Gasteiger partial charge >= 0.3 is 0 Å². The third-order valence-electron chi connectivity index (χ3n) is 6.77. The van der Waals surface area contributed by atoms with Crippen LogP contribution >= 0.6 is 0 Å². The normalized spacial score (nSPS) is 26.8. The topological polar surface area (TPSA) is 44.1 Å². The van der Waals surface area contributed by atoms with Crippen molar-refractivity contribution in [1.29, 1.82) is 5.26 Å². The number of rotatable bonds is 3. The Kier molecular flexibility index (Phi) is 3.80. The minimum atomic E-state index is 0.0826. The molecule has 1 atom stereocenters. The van der Waals surface area contributed by atoms with E-state index in [4.69, 9.17) is 0 Å². The van der Waals surface area contributed by atoms with E-state index >= 15 is 0 Å². The van der Waals surface area contributed by atoms with Crippen LogP contribution in [0.4, 0.5) is 0 Å². The third-order valence-corrected chi connectivity index (χ3v) is 6.77. The Morgan fingerprint density at radius 2 is 2.08 bits per heavy atom. The molecular formula is C22H24N2O. The molecule has 1 aromatic carbocycles. The highest BCUT2D eigenvalue weighted by Gasteiger charge is 2.58. The first kappa shape index (κ1) is 16.1. The minimum Gasteiger partial charge on any atom is -0.367 e. The lowest BCUT2D eigenvalue weighted by Gasteiger charge is -2.42. The SMILES string of the molecule is C[C@@]12CC(c3cccc(C#N)c3)=CC=C1N(CC=O)CC21CCCC1. The van der Waals surface area contributed by atoms with E-state index in [0.29, 0.717) is 12.1 Å². The number of aldehydes is 1. The van der Waals surface area contributed by atoms with E-state index in [1.807, 2.05) is 18.2 Å². The maximum atomic E-state index is 11.2. The van der Waals surface area contributed by atoms with Crippen LogP contribution in [0.3, 0.4) is 0 Å². The van der Waals surface area contributed by atoms with E-state index in [1.165, 1.54) is 37.0 Å². The van der Waals surface area contributed by atoms with Crippen LogP contribution in [0.5, 0.6) is 0 Å². The second-order valence-corrected chi connectivity index (χ2v) is 7.98. The summed E-state index contributed by atoms with van der Waals surface area (Å²) in [5.41, 5.74) is 4.87. The molecule has 1 heterocycles. The number of fused-ring (bicyclic) bond motifs is 2. The molecule has 25 heavy (non-hydrogen) atoms. The van der Waals surface area contributed by atoms with E-state index in [9.17, 15) is 10.1 Å². The molecule has 1 saturated heterocycles. The van der Waals surface area contributed by atoms with Crippen LogP contribution < -0.4 is 0 Å². The van der Waals surface area contributed by atoms with Crippen molar-refractivity contribution in [2.24, 2.45) is 10.8 Å². The summed E-state index contributed by atoms with van der Waals surface area (Å²) in [6, 6.07) is 10.2. The number of benzene rings is 1. The van der Waals surface area contributed by atoms with Crippen molar-refractivity contribution in [3.05, 3.63) is 53.2 Å². The van der Waals surface area contributed by atoms with Crippen LogP contribution in [-0.4, -0.2) is 24.3 Å². The number of nitriles is 1. The number of hydrogen-bond acceptors (Lipinski definition) is 3. The molecule has 2 aliphatic carbocycles. The summed E-state index contributed by atoms with van der Waals surface area (Å²) < 4.78 is 0. The molecule has 3 nitrogen and oxygen atoms in total. The van der Waals surface area contributed by atoms with Gasteiger partial charge in [0.1, 0.15) is 6.29 Å². The lowest BCUT2D eigenvalue weighted by Crippen LogP contribution is -2.36. The van der Waals surface area contributed by atoms with Gasteiger partial charge in [-0.1, -0.05) is 38.0 Å². The summed E-state index contributed by atoms with van der Waals surface area (Å²) in [4.78, 5) is 13.5. The molecule has 0 radical (unpaired) electrons. The van der Waals surface area contributed by atoms with Gasteiger partial charge in [0.15, 0.2) is 0 Å². The second-order valence-electron chi connectivity index (χ2n) is 7.98. The van der Waals surface area contributed by atoms with Crippen LogP contribution in [0, 0.1) is 22.2 Å². The van der Waals surface area contributed by atoms with E-state index in [1.54, 1.807) is 0 Å². The van der Waals surface area contributed by atoms with Crippen LogP contribution in [0.25, 0.3) is 5.57 Å². The number of carbonyl (C=O) groups excluding carboxylic acids is 1. The molecule has 1 aliphatic heterocycles. The standard InChI is InChI=1S/C22H24N2O/c1-21-14-19(18-6-4-5-17(13-18)15-23)7-8-20(21)24(11-12-25)16-22(21)9-2-3-10-22/h4-8,12-13H,2-3,9-11,14,16H2,1H3/t21-/m1/s1. The number of likely N-dealkylation sites (tertiary alicyclic amines) is 1. The summed E-state index contributed by atoms with van der Waals surface area (Å²) in [6.07, 6.45) is 11.5. The Balaban J connectivity index is 1.76. The van der Waals surface area contributed by atoms with Gasteiger partial charge in [0.2, 0.25) is 0 Å². The van der Waals surface area contributed by atoms with E-state index in [0.717, 1.165) is 24.8 Å². The van der Waals surface area contributed by atoms with Gasteiger partial charge in [0, 0.05) is 17.7 Å². The van der Waals surface area contributed by atoms with Crippen molar-refractivity contribution in [1.82, 2.24) is 4.90 Å². The quantitative estimate of drug-likeness (QED) is 0.775. The Morgan fingerprint density at radius 1 is 1.28 bits per heavy atom. The van der Waals surface area contributed by atoms with Gasteiger partial charge in [-0.3, -0.25) is 0 Å². The van der Waals surface area contributed by atoms with E-state index in [-0.39, 0.29) is 10.8 Å². The molecule has 4 rings (SSSR count). The molecule has 0 N–H and O–H groups in total. The maximum Gasteiger partial charge on any atom is 0.139 e. The summed E-state index contributed by atoms with van der Waals surface area (Å²) in [5, 5.41) is 9.20. The fourth-order valence-corrected chi connectivity index (χ4v) is 5.43. The largest absolute Gasteiger partial charge is 0.367 e. The third kappa shape index (κ3) is 2.35. The Labute approximate surface area is 149 Å². The highest BCUT2D eigenvalue weighted by molar-refractivity contribution is 5.71. The number of allylic oxidation sites excluding steroid dienone is 4. The van der Waals surface area contributed by atoms with Crippen LogP contribution in [0.1, 0.15) is 50.2 Å². The predicted octanol–water partition coefficient (Wildman–Crippen LogP) is 4.31. The van der Waals surface area contributed by atoms with Gasteiger partial charge in [0.25, 0.3) is 0 Å². The molecular weight excluding hydrogens is 308 g/mol. The Bertz CT molecular complexity index is 808. The average molecular weight is 332 g/mol. The van der Waals surface area contributed by atoms with Gasteiger partial charge in [-0.05, 0) is 54.0 Å². The fraction of sp³-hybridized carbons (Fsp3) is 0.455. The number of nitrogens with zero attached hydrogens (tertiary/aromatic N) is 2. The van der Waals surface area contributed by atoms with Crippen molar-refractivity contribution < 1.29 is 4.79 Å². The Morgan fingerprint density at radius 3 is 2.80 bits per heavy atom. The van der Waals surface area contributed by atoms with E-state index in [2.05, 4.69) is 36.1 Å². The van der Waals surface area contributed by atoms with Gasteiger partial charge in [-0.15, -0.1) is 0 Å². The Hall–Kier alpha value is -2.34. The lowest BCUT2D eigenvalue weighted by atomic mass is 9.60. The molecule has 0 unspecified atom stereocenters. The number of hydrogen-bond donors (Lipinski definition) is 0. The number of carbonyl (C=O) groups is 1. The summed E-state index contributed by atoms with van der Waals surface area (Å²) in [6.45, 7) is 3.90. The first-order valence-electron chi connectivity index (χ1n) is 9.22. The molecule has 3 aliphatic rings. The van der Waals surface area contributed by atoms with Crippen molar-refractivity contribution >= 4 is 11.9 Å². The summed E-state index contributed by atoms with van der Waals surface area (Å²) in [5.74, 6) is 0. The molecule has 0 aromatic heterocycles. The molecule has 1 spiro atoms. The van der Waals surface area contributed by atoms with Crippen molar-refractivity contribution in [3.63, 3.8) is 0 Å². The first-order valence-corrected chi connectivity index (χ1v) is 9.22. The second kappa shape index (κ2) is 5.88. The van der Waals surface area contributed by atoms with Gasteiger partial charge in [0.05, 0.1) is 18.2 Å². The molecule has 0 bridgehead atoms. The van der Waals surface area contributed by atoms with Crippen molar-refractivity contribution in [2.45, 2.75) is 39.0 Å². The average Bonchev–Trinajstić information content (AvgIpc) is 3.20. The molecule has 1 saturated carbocycles. The molecule has 128 valence electrons. The van der Waals surface area contributed by atoms with Gasteiger partial charge in [-0.25, -0.2) is 0 Å². The zero-order valence-electron chi connectivity index (χ0n) is 14.8. The maximum absolute atomic E-state index is 11.2. The fourth-order valence-electron chi connectivity index (χ4n) is 5.43. The zero-order valence-corrected chi connectivity index (χ0v) is 14.8. The summed E-state index contributed by atoms with van der Waals surface area (Å²) in [7, 11) is 0. The summed E-state index contributed by atoms with van der Waals surface area (Å²) >= 11 is 0. The monoisotopic (exact) mass is 332 g/mol. The van der Waals surface area contributed by atoms with Crippen LogP contribution in [0.15, 0.2) is 42.1 Å². The zero-order chi connectivity index (χ0) is 17.5. The molecule has 2 fully saturated rings. The highest BCUT2D eigenvalue weighted by Crippen LogP contribution is 2.64. The predicted molar refractivity (Wildman–Crippen MR) is 98.5 cm³/mol. The van der Waals surface area contributed by atoms with Crippen molar-refractivity contribution in [2.75, 3.05) is 13.1 Å². The smallest absolute Gasteiger partial charge is 0.139 e. The van der Waals surface area contributed by atoms with Gasteiger partial charge < -0.3 is 9.69 Å². The van der Waals surface area contributed by atoms with Gasteiger partial charge in [-0.2, -0.15) is 5.26 Å². The molecule has 3 heteroatoms. The van der Waals surface area contributed by atoms with E-state index < -0.39 is 0 Å². The van der Waals surface area contributed by atoms with Crippen LogP contribution in [0.2, 0.25) is 0 Å².